The van der Waals surface area contributed by atoms with Crippen LogP contribution in [-0.4, -0.2) is 37.4 Å². The van der Waals surface area contributed by atoms with Crippen molar-refractivity contribution < 1.29 is 19.0 Å². The Morgan fingerprint density at radius 1 is 1.41 bits per heavy atom. The Balaban J connectivity index is 1.79. The number of urea groups is 1. The summed E-state index contributed by atoms with van der Waals surface area (Å²) in [7, 11) is 1.54. The van der Waals surface area contributed by atoms with Crippen LogP contribution in [-0.2, 0) is 4.74 Å². The summed E-state index contributed by atoms with van der Waals surface area (Å²) in [5, 5.41) is 14.6. The molecule has 0 saturated heterocycles. The van der Waals surface area contributed by atoms with E-state index in [4.69, 9.17) is 9.84 Å². The molecule has 0 bridgehead atoms. The van der Waals surface area contributed by atoms with Gasteiger partial charge in [-0.2, -0.15) is 0 Å². The van der Waals surface area contributed by atoms with Gasteiger partial charge >= 0.3 is 6.03 Å². The molecule has 0 saturated carbocycles. The van der Waals surface area contributed by atoms with Crippen molar-refractivity contribution >= 4 is 6.03 Å². The molecular weight excluding hydrogens is 287 g/mol. The van der Waals surface area contributed by atoms with Crippen molar-refractivity contribution in [1.29, 1.82) is 0 Å². The van der Waals surface area contributed by atoms with Crippen LogP contribution < -0.4 is 10.6 Å². The normalized spacial score (nSPS) is 21.6. The van der Waals surface area contributed by atoms with Crippen LogP contribution in [0.1, 0.15) is 18.1 Å². The lowest BCUT2D eigenvalue weighted by atomic mass is 10.1. The van der Waals surface area contributed by atoms with Gasteiger partial charge in [0.2, 0.25) is 0 Å². The first-order chi connectivity index (χ1) is 10.6. The van der Waals surface area contributed by atoms with Crippen LogP contribution in [0.4, 0.5) is 9.18 Å². The minimum Gasteiger partial charge on any atom is -0.396 e. The molecule has 1 aromatic carbocycles. The third kappa shape index (κ3) is 4.54. The highest BCUT2D eigenvalue weighted by Crippen LogP contribution is 2.17. The van der Waals surface area contributed by atoms with E-state index in [9.17, 15) is 9.18 Å². The van der Waals surface area contributed by atoms with Gasteiger partial charge < -0.3 is 20.5 Å². The number of benzene rings is 1. The van der Waals surface area contributed by atoms with Crippen LogP contribution in [0.5, 0.6) is 0 Å². The van der Waals surface area contributed by atoms with Crippen molar-refractivity contribution in [2.24, 2.45) is 5.92 Å². The molecule has 6 heteroatoms. The lowest BCUT2D eigenvalue weighted by molar-refractivity contribution is 0.104. The summed E-state index contributed by atoms with van der Waals surface area (Å²) in [6.45, 7) is 0.375. The zero-order chi connectivity index (χ0) is 15.9. The molecule has 0 radical (unpaired) electrons. The number of hydrogen-bond acceptors (Lipinski definition) is 3. The number of nitrogens with one attached hydrogen (secondary N) is 2. The van der Waals surface area contributed by atoms with E-state index in [1.54, 1.807) is 19.2 Å². The molecule has 0 heterocycles. The highest BCUT2D eigenvalue weighted by Gasteiger charge is 2.20. The van der Waals surface area contributed by atoms with Crippen LogP contribution in [0, 0.1) is 11.7 Å². The summed E-state index contributed by atoms with van der Waals surface area (Å²) >= 11 is 0. The molecule has 0 fully saturated rings. The fraction of sp³-hybridized carbons (Fsp3) is 0.438. The van der Waals surface area contributed by atoms with Gasteiger partial charge in [0.25, 0.3) is 0 Å². The van der Waals surface area contributed by atoms with Crippen molar-refractivity contribution in [3.05, 3.63) is 47.8 Å². The average molecular weight is 308 g/mol. The second-order valence-electron chi connectivity index (χ2n) is 5.30. The standard InChI is InChI=1S/C16H21FN2O3/c1-22-15(12-3-5-13(17)6-4-12)9-18-16(21)19-14-7-2-11(8-14)10-20/h2-7,11,14-15,20H,8-10H2,1H3,(H2,18,19,21)/t11-,14+,15?/m0/s1. The summed E-state index contributed by atoms with van der Waals surface area (Å²) in [4.78, 5) is 11.9. The molecule has 1 aliphatic rings. The Morgan fingerprint density at radius 3 is 2.73 bits per heavy atom. The molecule has 120 valence electrons. The summed E-state index contributed by atoms with van der Waals surface area (Å²) in [6, 6.07) is 5.63. The Hall–Kier alpha value is -1.92. The van der Waals surface area contributed by atoms with Gasteiger partial charge in [0.15, 0.2) is 0 Å². The van der Waals surface area contributed by atoms with E-state index in [1.165, 1.54) is 12.1 Å². The number of aliphatic hydroxyl groups is 1. The van der Waals surface area contributed by atoms with Gasteiger partial charge in [-0.1, -0.05) is 24.3 Å². The fourth-order valence-corrected chi connectivity index (χ4v) is 2.44. The van der Waals surface area contributed by atoms with Crippen LogP contribution >= 0.6 is 0 Å². The minimum atomic E-state index is -0.337. The van der Waals surface area contributed by atoms with E-state index in [2.05, 4.69) is 10.6 Å². The number of carbonyl (C=O) groups is 1. The number of carbonyl (C=O) groups excluding carboxylic acids is 1. The molecule has 1 aliphatic carbocycles. The van der Waals surface area contributed by atoms with E-state index in [1.807, 2.05) is 12.2 Å². The zero-order valence-electron chi connectivity index (χ0n) is 12.5. The predicted octanol–water partition coefficient (Wildman–Crippen LogP) is 1.75. The lowest BCUT2D eigenvalue weighted by Crippen LogP contribution is -2.42. The van der Waals surface area contributed by atoms with Crippen LogP contribution in [0.15, 0.2) is 36.4 Å². The first-order valence-electron chi connectivity index (χ1n) is 7.24. The Bertz CT molecular complexity index is 519. The van der Waals surface area contributed by atoms with E-state index in [0.717, 1.165) is 5.56 Å². The molecule has 5 nitrogen and oxygen atoms in total. The van der Waals surface area contributed by atoms with Gasteiger partial charge in [0.05, 0.1) is 6.10 Å². The molecule has 3 N–H and O–H groups in total. The number of halogens is 1. The molecule has 2 amide bonds. The molecule has 22 heavy (non-hydrogen) atoms. The van der Waals surface area contributed by atoms with Gasteiger partial charge in [-0.05, 0) is 24.1 Å². The number of amides is 2. The maximum absolute atomic E-state index is 12.9. The first-order valence-corrected chi connectivity index (χ1v) is 7.24. The molecule has 2 rings (SSSR count). The fourth-order valence-electron chi connectivity index (χ4n) is 2.44. The van der Waals surface area contributed by atoms with Crippen LogP contribution in [0.3, 0.4) is 0 Å². The third-order valence-corrected chi connectivity index (χ3v) is 3.70. The Morgan fingerprint density at radius 2 is 2.14 bits per heavy atom. The van der Waals surface area contributed by atoms with Gasteiger partial charge in [0.1, 0.15) is 5.82 Å². The topological polar surface area (TPSA) is 70.6 Å². The first kappa shape index (κ1) is 16.5. The third-order valence-electron chi connectivity index (χ3n) is 3.70. The Kier molecular flexibility index (Phi) is 5.91. The summed E-state index contributed by atoms with van der Waals surface area (Å²) in [5.41, 5.74) is 0.797. The van der Waals surface area contributed by atoms with E-state index >= 15 is 0 Å². The highest BCUT2D eigenvalue weighted by molar-refractivity contribution is 5.74. The van der Waals surface area contributed by atoms with Crippen molar-refractivity contribution in [2.75, 3.05) is 20.3 Å². The molecule has 0 aliphatic heterocycles. The quantitative estimate of drug-likeness (QED) is 0.701. The number of rotatable bonds is 6. The minimum absolute atomic E-state index is 0.0658. The second kappa shape index (κ2) is 7.91. The summed E-state index contributed by atoms with van der Waals surface area (Å²) in [5.74, 6) is -0.202. The predicted molar refractivity (Wildman–Crippen MR) is 80.8 cm³/mol. The lowest BCUT2D eigenvalue weighted by Gasteiger charge is -2.18. The van der Waals surface area contributed by atoms with Crippen molar-refractivity contribution in [3.8, 4) is 0 Å². The van der Waals surface area contributed by atoms with Gasteiger partial charge in [-0.25, -0.2) is 9.18 Å². The van der Waals surface area contributed by atoms with E-state index in [0.29, 0.717) is 6.42 Å². The van der Waals surface area contributed by atoms with E-state index in [-0.39, 0.29) is 43.1 Å². The SMILES string of the molecule is COC(CNC(=O)N[C@@H]1C=C[C@H](CO)C1)c1ccc(F)cc1. The summed E-state index contributed by atoms with van der Waals surface area (Å²) in [6.07, 6.45) is 4.15. The monoisotopic (exact) mass is 308 g/mol. The van der Waals surface area contributed by atoms with Crippen molar-refractivity contribution in [1.82, 2.24) is 10.6 Å². The van der Waals surface area contributed by atoms with E-state index < -0.39 is 0 Å². The number of ether oxygens (including phenoxy) is 1. The number of aliphatic hydroxyl groups excluding tert-OH is 1. The second-order valence-corrected chi connectivity index (χ2v) is 5.30. The van der Waals surface area contributed by atoms with Crippen LogP contribution in [0.25, 0.3) is 0 Å². The largest absolute Gasteiger partial charge is 0.396 e. The number of hydrogen-bond donors (Lipinski definition) is 3. The highest BCUT2D eigenvalue weighted by atomic mass is 19.1. The van der Waals surface area contributed by atoms with Gasteiger partial charge in [-0.3, -0.25) is 0 Å². The van der Waals surface area contributed by atoms with Crippen molar-refractivity contribution in [3.63, 3.8) is 0 Å². The Labute approximate surface area is 129 Å². The van der Waals surface area contributed by atoms with Crippen molar-refractivity contribution in [2.45, 2.75) is 18.6 Å². The molecule has 3 atom stereocenters. The smallest absolute Gasteiger partial charge is 0.315 e. The average Bonchev–Trinajstić information content (AvgIpc) is 2.97. The molecule has 0 spiro atoms. The van der Waals surface area contributed by atoms with Gasteiger partial charge in [-0.15, -0.1) is 0 Å². The summed E-state index contributed by atoms with van der Waals surface area (Å²) < 4.78 is 18.2. The molecule has 0 aromatic heterocycles. The zero-order valence-corrected chi connectivity index (χ0v) is 12.5. The van der Waals surface area contributed by atoms with Gasteiger partial charge in [0, 0.05) is 32.2 Å². The number of methoxy groups -OCH3 is 1. The maximum Gasteiger partial charge on any atom is 0.315 e. The maximum atomic E-state index is 12.9. The van der Waals surface area contributed by atoms with Crippen LogP contribution in [0.2, 0.25) is 0 Å². The molecule has 1 aromatic rings. The molecule has 1 unspecified atom stereocenters. The molecular formula is C16H21FN2O3.